The molecule has 4 aromatic heterocycles. The predicted octanol–water partition coefficient (Wildman–Crippen LogP) is 5.37. The second-order valence-electron chi connectivity index (χ2n) is 7.19. The number of aromatic nitrogens is 6. The van der Waals surface area contributed by atoms with Crippen molar-refractivity contribution in [3.05, 3.63) is 85.1 Å². The van der Waals surface area contributed by atoms with E-state index in [1.54, 1.807) is 36.8 Å². The van der Waals surface area contributed by atoms with Crippen LogP contribution in [0.15, 0.2) is 79.3 Å². The van der Waals surface area contributed by atoms with Crippen molar-refractivity contribution in [1.29, 1.82) is 0 Å². The topological polar surface area (TPSA) is 83.1 Å². The van der Waals surface area contributed by atoms with Crippen molar-refractivity contribution < 1.29 is 4.39 Å². The molecule has 0 aliphatic heterocycles. The summed E-state index contributed by atoms with van der Waals surface area (Å²) in [6, 6.07) is 18.5. The van der Waals surface area contributed by atoms with E-state index in [4.69, 9.17) is 0 Å². The highest BCUT2D eigenvalue weighted by atomic mass is 19.1. The smallest absolute Gasteiger partial charge is 0.178 e. The zero-order valence-electron chi connectivity index (χ0n) is 16.2. The Bertz CT molecular complexity index is 1550. The Hall–Kier alpha value is -4.39. The monoisotopic (exact) mass is 406 g/mol. The van der Waals surface area contributed by atoms with Crippen molar-refractivity contribution in [2.24, 2.45) is 0 Å². The van der Waals surface area contributed by atoms with Crippen LogP contribution in [0.3, 0.4) is 0 Å². The van der Waals surface area contributed by atoms with Gasteiger partial charge in [-0.25, -0.2) is 14.4 Å². The number of fused-ring (bicyclic) bond motifs is 2. The van der Waals surface area contributed by atoms with E-state index in [0.717, 1.165) is 22.0 Å². The van der Waals surface area contributed by atoms with Gasteiger partial charge in [0.1, 0.15) is 11.5 Å². The molecule has 2 aromatic carbocycles. The van der Waals surface area contributed by atoms with Crippen LogP contribution in [-0.2, 0) is 0 Å². The number of pyridine rings is 2. The molecule has 0 spiro atoms. The fourth-order valence-corrected chi connectivity index (χ4v) is 3.85. The minimum atomic E-state index is -0.293. The fourth-order valence-electron chi connectivity index (χ4n) is 3.85. The summed E-state index contributed by atoms with van der Waals surface area (Å²) in [6.45, 7) is 0. The molecule has 6 rings (SSSR count). The van der Waals surface area contributed by atoms with Gasteiger partial charge in [-0.3, -0.25) is 10.1 Å². The van der Waals surface area contributed by atoms with Crippen LogP contribution in [0.1, 0.15) is 0 Å². The van der Waals surface area contributed by atoms with Crippen LogP contribution in [0.4, 0.5) is 4.39 Å². The highest BCUT2D eigenvalue weighted by Crippen LogP contribution is 2.33. The molecular formula is C24H15FN6. The molecule has 31 heavy (non-hydrogen) atoms. The number of H-pyrrole nitrogens is 2. The summed E-state index contributed by atoms with van der Waals surface area (Å²) in [5.74, 6) is 0.280. The Morgan fingerprint density at radius 3 is 2.55 bits per heavy atom. The van der Waals surface area contributed by atoms with E-state index in [0.29, 0.717) is 33.8 Å². The minimum absolute atomic E-state index is 0.293. The molecule has 7 heteroatoms. The van der Waals surface area contributed by atoms with Crippen molar-refractivity contribution in [3.8, 4) is 33.8 Å². The Kier molecular flexibility index (Phi) is 3.86. The summed E-state index contributed by atoms with van der Waals surface area (Å²) in [7, 11) is 0. The molecule has 0 aliphatic carbocycles. The zero-order chi connectivity index (χ0) is 20.8. The first-order valence-corrected chi connectivity index (χ1v) is 9.76. The van der Waals surface area contributed by atoms with E-state index in [9.17, 15) is 4.39 Å². The minimum Gasteiger partial charge on any atom is -0.335 e. The molecule has 0 saturated heterocycles. The highest BCUT2D eigenvalue weighted by molar-refractivity contribution is 5.97. The molecule has 0 fully saturated rings. The van der Waals surface area contributed by atoms with Crippen LogP contribution in [0.25, 0.3) is 55.8 Å². The van der Waals surface area contributed by atoms with Gasteiger partial charge in [-0.15, -0.1) is 0 Å². The van der Waals surface area contributed by atoms with Gasteiger partial charge in [-0.1, -0.05) is 24.3 Å². The number of halogens is 1. The molecule has 6 nitrogen and oxygen atoms in total. The molecule has 148 valence electrons. The number of hydrogen-bond donors (Lipinski definition) is 2. The summed E-state index contributed by atoms with van der Waals surface area (Å²) in [4.78, 5) is 16.4. The van der Waals surface area contributed by atoms with Gasteiger partial charge in [-0.2, -0.15) is 5.10 Å². The van der Waals surface area contributed by atoms with E-state index in [1.807, 2.05) is 30.3 Å². The number of imidazole rings is 1. The first-order chi connectivity index (χ1) is 15.3. The summed E-state index contributed by atoms with van der Waals surface area (Å²) in [5, 5.41) is 8.48. The van der Waals surface area contributed by atoms with Crippen molar-refractivity contribution in [1.82, 2.24) is 30.1 Å². The van der Waals surface area contributed by atoms with Gasteiger partial charge in [0.15, 0.2) is 11.5 Å². The van der Waals surface area contributed by atoms with Gasteiger partial charge >= 0.3 is 0 Å². The van der Waals surface area contributed by atoms with E-state index >= 15 is 0 Å². The Morgan fingerprint density at radius 2 is 1.68 bits per heavy atom. The van der Waals surface area contributed by atoms with Gasteiger partial charge < -0.3 is 4.98 Å². The van der Waals surface area contributed by atoms with Crippen LogP contribution in [0, 0.1) is 5.82 Å². The molecule has 4 heterocycles. The van der Waals surface area contributed by atoms with E-state index in [2.05, 4.69) is 36.2 Å². The third-order valence-corrected chi connectivity index (χ3v) is 5.36. The lowest BCUT2D eigenvalue weighted by Crippen LogP contribution is -1.87. The normalized spacial score (nSPS) is 11.4. The van der Waals surface area contributed by atoms with E-state index < -0.39 is 0 Å². The molecular weight excluding hydrogens is 391 g/mol. The van der Waals surface area contributed by atoms with Gasteiger partial charge in [0.05, 0.1) is 11.0 Å². The number of hydrogen-bond acceptors (Lipinski definition) is 4. The summed E-state index contributed by atoms with van der Waals surface area (Å²) in [5.41, 5.74) is 6.09. The Morgan fingerprint density at radius 1 is 0.806 bits per heavy atom. The van der Waals surface area contributed by atoms with Crippen LogP contribution >= 0.6 is 0 Å². The quantitative estimate of drug-likeness (QED) is 0.414. The molecule has 0 bridgehead atoms. The van der Waals surface area contributed by atoms with Gasteiger partial charge in [-0.05, 0) is 47.5 Å². The highest BCUT2D eigenvalue weighted by Gasteiger charge is 2.17. The van der Waals surface area contributed by atoms with Crippen molar-refractivity contribution in [2.45, 2.75) is 0 Å². The van der Waals surface area contributed by atoms with Crippen molar-refractivity contribution in [2.75, 3.05) is 0 Å². The third-order valence-electron chi connectivity index (χ3n) is 5.36. The largest absolute Gasteiger partial charge is 0.335 e. The lowest BCUT2D eigenvalue weighted by molar-refractivity contribution is 0.631. The van der Waals surface area contributed by atoms with Crippen LogP contribution < -0.4 is 0 Å². The second-order valence-corrected chi connectivity index (χ2v) is 7.19. The Labute approximate surface area is 175 Å². The second kappa shape index (κ2) is 6.84. The van der Waals surface area contributed by atoms with E-state index in [1.165, 1.54) is 6.07 Å². The molecule has 0 saturated carbocycles. The van der Waals surface area contributed by atoms with Gasteiger partial charge in [0.2, 0.25) is 0 Å². The summed E-state index contributed by atoms with van der Waals surface area (Å²) >= 11 is 0. The average Bonchev–Trinajstić information content (AvgIpc) is 3.43. The number of aromatic amines is 2. The number of rotatable bonds is 3. The predicted molar refractivity (Wildman–Crippen MR) is 118 cm³/mol. The van der Waals surface area contributed by atoms with Crippen LogP contribution in [-0.4, -0.2) is 30.1 Å². The molecule has 0 atom stereocenters. The molecule has 2 N–H and O–H groups in total. The fraction of sp³-hybridized carbons (Fsp3) is 0. The molecule has 0 aliphatic rings. The van der Waals surface area contributed by atoms with Gasteiger partial charge in [0, 0.05) is 35.1 Å². The van der Waals surface area contributed by atoms with Gasteiger partial charge in [0.25, 0.3) is 0 Å². The van der Waals surface area contributed by atoms with Crippen LogP contribution in [0.2, 0.25) is 0 Å². The molecule has 6 aromatic rings. The standard InChI is InChI=1S/C24H15FN6/c25-19-4-2-1-3-16(19)17-9-12-27-23-21(17)28-24(29-23)22-18-13-15(5-6-20(18)30-31-22)14-7-10-26-11-8-14/h1-13H,(H,30,31)(H,27,28,29). The summed E-state index contributed by atoms with van der Waals surface area (Å²) < 4.78 is 14.4. The SMILES string of the molecule is Fc1ccccc1-c1ccnc2nc(-c3n[nH]c4ccc(-c5ccncc5)cc34)[nH]c12. The first kappa shape index (κ1) is 17.5. The maximum absolute atomic E-state index is 14.4. The molecule has 0 unspecified atom stereocenters. The maximum Gasteiger partial charge on any atom is 0.178 e. The van der Waals surface area contributed by atoms with Crippen LogP contribution in [0.5, 0.6) is 0 Å². The van der Waals surface area contributed by atoms with Crippen molar-refractivity contribution in [3.63, 3.8) is 0 Å². The number of nitrogens with one attached hydrogen (secondary N) is 2. The maximum atomic E-state index is 14.4. The average molecular weight is 406 g/mol. The third kappa shape index (κ3) is 2.86. The zero-order valence-corrected chi connectivity index (χ0v) is 16.2. The lowest BCUT2D eigenvalue weighted by atomic mass is 10.0. The molecule has 0 radical (unpaired) electrons. The van der Waals surface area contributed by atoms with Crippen molar-refractivity contribution >= 4 is 22.1 Å². The number of benzene rings is 2. The molecule has 0 amide bonds. The Balaban J connectivity index is 1.53. The first-order valence-electron chi connectivity index (χ1n) is 9.76. The summed E-state index contributed by atoms with van der Waals surface area (Å²) in [6.07, 6.45) is 5.18. The van der Waals surface area contributed by atoms with E-state index in [-0.39, 0.29) is 5.82 Å². The number of nitrogens with zero attached hydrogens (tertiary/aromatic N) is 4. The lowest BCUT2D eigenvalue weighted by Gasteiger charge is -2.03.